The van der Waals surface area contributed by atoms with E-state index in [4.69, 9.17) is 16.7 Å². The summed E-state index contributed by atoms with van der Waals surface area (Å²) in [6.45, 7) is 0.0825. The van der Waals surface area contributed by atoms with Crippen LogP contribution >= 0.6 is 11.6 Å². The predicted molar refractivity (Wildman–Crippen MR) is 74.4 cm³/mol. The van der Waals surface area contributed by atoms with Crippen LogP contribution in [0.4, 0.5) is 5.69 Å². The first-order valence-corrected chi connectivity index (χ1v) is 6.74. The molecule has 0 aliphatic heterocycles. The number of carboxylic acid groups (broad SMARTS) is 1. The summed E-state index contributed by atoms with van der Waals surface area (Å²) in [5.74, 6) is -1.42. The van der Waals surface area contributed by atoms with E-state index < -0.39 is 16.8 Å². The van der Waals surface area contributed by atoms with E-state index in [2.05, 4.69) is 0 Å². The SMILES string of the molecule is O=C(O)CCN(C(=O)c1cc(Cl)cc([N+](=O)[O-])c1)C1CC1. The third-order valence-corrected chi connectivity index (χ3v) is 3.37. The van der Waals surface area contributed by atoms with Crippen molar-refractivity contribution < 1.29 is 19.6 Å². The number of nitrogens with zero attached hydrogens (tertiary/aromatic N) is 2. The van der Waals surface area contributed by atoms with Crippen molar-refractivity contribution >= 4 is 29.2 Å². The van der Waals surface area contributed by atoms with Gasteiger partial charge in [0.25, 0.3) is 11.6 Å². The molecule has 1 amide bonds. The minimum absolute atomic E-state index is 0.00916. The molecule has 1 aliphatic rings. The second-order valence-corrected chi connectivity index (χ2v) is 5.27. The van der Waals surface area contributed by atoms with Crippen molar-refractivity contribution in [2.24, 2.45) is 0 Å². The standard InChI is InChI=1S/C13H13ClN2O5/c14-9-5-8(6-11(7-9)16(20)21)13(19)15(10-1-2-10)4-3-12(17)18/h5-7,10H,1-4H2,(H,17,18). The average molecular weight is 313 g/mol. The number of aliphatic carboxylic acids is 1. The Hall–Kier alpha value is -2.15. The molecule has 0 aromatic heterocycles. The minimum atomic E-state index is -0.995. The second kappa shape index (κ2) is 6.09. The van der Waals surface area contributed by atoms with E-state index in [1.165, 1.54) is 11.0 Å². The number of benzene rings is 1. The fourth-order valence-corrected chi connectivity index (χ4v) is 2.25. The van der Waals surface area contributed by atoms with E-state index in [0.717, 1.165) is 25.0 Å². The van der Waals surface area contributed by atoms with Gasteiger partial charge in [-0.3, -0.25) is 19.7 Å². The molecular formula is C13H13ClN2O5. The zero-order valence-electron chi connectivity index (χ0n) is 11.0. The summed E-state index contributed by atoms with van der Waals surface area (Å²) in [6, 6.07) is 3.68. The highest BCUT2D eigenvalue weighted by Crippen LogP contribution is 2.30. The highest BCUT2D eigenvalue weighted by atomic mass is 35.5. The fourth-order valence-electron chi connectivity index (χ4n) is 2.02. The molecule has 7 nitrogen and oxygen atoms in total. The topological polar surface area (TPSA) is 101 Å². The lowest BCUT2D eigenvalue weighted by atomic mass is 10.1. The van der Waals surface area contributed by atoms with Gasteiger partial charge in [0, 0.05) is 35.3 Å². The summed E-state index contributed by atoms with van der Waals surface area (Å²) in [6.07, 6.45) is 1.47. The number of amides is 1. The van der Waals surface area contributed by atoms with Gasteiger partial charge < -0.3 is 10.0 Å². The summed E-state index contributed by atoms with van der Waals surface area (Å²) in [5.41, 5.74) is -0.161. The van der Waals surface area contributed by atoms with Crippen molar-refractivity contribution in [3.63, 3.8) is 0 Å². The molecule has 1 N–H and O–H groups in total. The lowest BCUT2D eigenvalue weighted by Gasteiger charge is -2.21. The highest BCUT2D eigenvalue weighted by Gasteiger charge is 2.33. The van der Waals surface area contributed by atoms with Crippen LogP contribution in [0.1, 0.15) is 29.6 Å². The molecule has 0 unspecified atom stereocenters. The quantitative estimate of drug-likeness (QED) is 0.641. The Kier molecular flexibility index (Phi) is 4.42. The Labute approximate surface area is 125 Å². The zero-order valence-corrected chi connectivity index (χ0v) is 11.7. The van der Waals surface area contributed by atoms with E-state index >= 15 is 0 Å². The minimum Gasteiger partial charge on any atom is -0.481 e. The molecule has 1 fully saturated rings. The van der Waals surface area contributed by atoms with Crippen LogP contribution in [0, 0.1) is 10.1 Å². The van der Waals surface area contributed by atoms with Crippen LogP contribution in [0.2, 0.25) is 5.02 Å². The molecule has 1 saturated carbocycles. The normalized spacial score (nSPS) is 13.8. The molecule has 0 spiro atoms. The highest BCUT2D eigenvalue weighted by molar-refractivity contribution is 6.31. The van der Waals surface area contributed by atoms with Crippen molar-refractivity contribution in [1.29, 1.82) is 0 Å². The number of nitro benzene ring substituents is 1. The fraction of sp³-hybridized carbons (Fsp3) is 0.385. The maximum Gasteiger partial charge on any atom is 0.305 e. The van der Waals surface area contributed by atoms with Gasteiger partial charge in [-0.15, -0.1) is 0 Å². The van der Waals surface area contributed by atoms with Gasteiger partial charge in [-0.25, -0.2) is 0 Å². The average Bonchev–Trinajstić information content (AvgIpc) is 3.22. The molecule has 0 bridgehead atoms. The first kappa shape index (κ1) is 15.2. The van der Waals surface area contributed by atoms with Crippen LogP contribution < -0.4 is 0 Å². The van der Waals surface area contributed by atoms with Crippen molar-refractivity contribution in [3.8, 4) is 0 Å². The summed E-state index contributed by atoms with van der Waals surface area (Å²) < 4.78 is 0. The molecule has 21 heavy (non-hydrogen) atoms. The Morgan fingerprint density at radius 3 is 2.57 bits per heavy atom. The van der Waals surface area contributed by atoms with Crippen molar-refractivity contribution in [3.05, 3.63) is 38.9 Å². The maximum atomic E-state index is 12.4. The van der Waals surface area contributed by atoms with Gasteiger partial charge >= 0.3 is 5.97 Å². The van der Waals surface area contributed by atoms with Crippen LogP contribution in [0.3, 0.4) is 0 Å². The molecule has 2 rings (SSSR count). The summed E-state index contributed by atoms with van der Waals surface area (Å²) in [4.78, 5) is 34.7. The maximum absolute atomic E-state index is 12.4. The van der Waals surface area contributed by atoms with E-state index in [1.807, 2.05) is 0 Å². The van der Waals surface area contributed by atoms with Crippen LogP contribution in [-0.4, -0.2) is 39.4 Å². The molecule has 0 heterocycles. The third kappa shape index (κ3) is 3.91. The van der Waals surface area contributed by atoms with Gasteiger partial charge in [-0.2, -0.15) is 0 Å². The number of nitro groups is 1. The number of non-ortho nitro benzene ring substituents is 1. The summed E-state index contributed by atoms with van der Waals surface area (Å²) in [7, 11) is 0. The number of hydrogen-bond acceptors (Lipinski definition) is 4. The van der Waals surface area contributed by atoms with E-state index in [9.17, 15) is 19.7 Å². The summed E-state index contributed by atoms with van der Waals surface area (Å²) >= 11 is 5.80. The Bertz CT molecular complexity index is 600. The molecular weight excluding hydrogens is 300 g/mol. The number of carbonyl (C=O) groups is 2. The number of halogens is 1. The lowest BCUT2D eigenvalue weighted by molar-refractivity contribution is -0.384. The predicted octanol–water partition coefficient (Wildman–Crippen LogP) is 2.33. The van der Waals surface area contributed by atoms with Gasteiger partial charge in [0.1, 0.15) is 0 Å². The monoisotopic (exact) mass is 312 g/mol. The van der Waals surface area contributed by atoms with Crippen LogP contribution in [-0.2, 0) is 4.79 Å². The molecule has 0 atom stereocenters. The Morgan fingerprint density at radius 1 is 1.38 bits per heavy atom. The molecule has 8 heteroatoms. The van der Waals surface area contributed by atoms with Gasteiger partial charge in [-0.1, -0.05) is 11.6 Å². The smallest absolute Gasteiger partial charge is 0.305 e. The van der Waals surface area contributed by atoms with Gasteiger partial charge in [-0.05, 0) is 18.9 Å². The van der Waals surface area contributed by atoms with Gasteiger partial charge in [0.2, 0.25) is 0 Å². The van der Waals surface area contributed by atoms with Crippen molar-refractivity contribution in [2.45, 2.75) is 25.3 Å². The molecule has 0 radical (unpaired) electrons. The van der Waals surface area contributed by atoms with Crippen LogP contribution in [0.5, 0.6) is 0 Å². The van der Waals surface area contributed by atoms with E-state index in [-0.39, 0.29) is 35.3 Å². The number of carbonyl (C=O) groups excluding carboxylic acids is 1. The lowest BCUT2D eigenvalue weighted by Crippen LogP contribution is -2.35. The summed E-state index contributed by atoms with van der Waals surface area (Å²) in [5, 5.41) is 19.6. The third-order valence-electron chi connectivity index (χ3n) is 3.16. The molecule has 1 aromatic rings. The van der Waals surface area contributed by atoms with Crippen molar-refractivity contribution in [1.82, 2.24) is 4.90 Å². The van der Waals surface area contributed by atoms with E-state index in [1.54, 1.807) is 0 Å². The van der Waals surface area contributed by atoms with Gasteiger partial charge in [0.15, 0.2) is 0 Å². The molecule has 0 saturated heterocycles. The van der Waals surface area contributed by atoms with E-state index in [0.29, 0.717) is 0 Å². The first-order valence-electron chi connectivity index (χ1n) is 6.36. The largest absolute Gasteiger partial charge is 0.481 e. The number of hydrogen-bond donors (Lipinski definition) is 1. The second-order valence-electron chi connectivity index (χ2n) is 4.83. The van der Waals surface area contributed by atoms with Crippen LogP contribution in [0.25, 0.3) is 0 Å². The number of rotatable bonds is 6. The van der Waals surface area contributed by atoms with Crippen LogP contribution in [0.15, 0.2) is 18.2 Å². The number of carboxylic acids is 1. The first-order chi connectivity index (χ1) is 9.88. The van der Waals surface area contributed by atoms with Crippen molar-refractivity contribution in [2.75, 3.05) is 6.54 Å². The molecule has 112 valence electrons. The molecule has 1 aliphatic carbocycles. The molecule has 1 aromatic carbocycles. The van der Waals surface area contributed by atoms with Gasteiger partial charge in [0.05, 0.1) is 11.3 Å². The Morgan fingerprint density at radius 2 is 2.05 bits per heavy atom. The zero-order chi connectivity index (χ0) is 15.6. The Balaban J connectivity index is 2.23.